The van der Waals surface area contributed by atoms with Gasteiger partial charge in [-0.15, -0.1) is 0 Å². The van der Waals surface area contributed by atoms with Crippen LogP contribution in [0.4, 0.5) is 0 Å². The maximum absolute atomic E-state index is 5.88. The number of thioether (sulfide) groups is 3. The van der Waals surface area contributed by atoms with Crippen LogP contribution in [0.15, 0.2) is 0 Å². The van der Waals surface area contributed by atoms with Crippen molar-refractivity contribution in [1.82, 2.24) is 0 Å². The summed E-state index contributed by atoms with van der Waals surface area (Å²) in [5.74, 6) is 3.29. The summed E-state index contributed by atoms with van der Waals surface area (Å²) >= 11 is 5.91. The molecule has 0 atom stereocenters. The molecule has 0 N–H and O–H groups in total. The Morgan fingerprint density at radius 2 is 0.750 bits per heavy atom. The van der Waals surface area contributed by atoms with E-state index in [1.54, 1.807) is 0 Å². The molecule has 3 nitrogen and oxygen atoms in total. The highest BCUT2D eigenvalue weighted by Crippen LogP contribution is 2.25. The highest BCUT2D eigenvalue weighted by atomic mass is 32.2. The largest absolute Gasteiger partial charge is 0.639 e. The number of rotatable bonds is 15. The zero-order chi connectivity index (χ0) is 21.7. The van der Waals surface area contributed by atoms with E-state index in [-0.39, 0.29) is 0 Å². The zero-order valence-electron chi connectivity index (χ0n) is 19.9. The lowest BCUT2D eigenvalue weighted by molar-refractivity contribution is 0.0940. The summed E-state index contributed by atoms with van der Waals surface area (Å²) in [6, 6.07) is 0. The second kappa shape index (κ2) is 14.9. The third kappa shape index (κ3) is 23.3. The van der Waals surface area contributed by atoms with Gasteiger partial charge in [0.15, 0.2) is 0 Å². The van der Waals surface area contributed by atoms with Gasteiger partial charge in [0.2, 0.25) is 0 Å². The van der Waals surface area contributed by atoms with Gasteiger partial charge in [0.05, 0.1) is 0 Å². The molecule has 0 saturated heterocycles. The van der Waals surface area contributed by atoms with Crippen LogP contribution in [-0.4, -0.2) is 58.6 Å². The molecule has 0 radical (unpaired) electrons. The van der Waals surface area contributed by atoms with Gasteiger partial charge in [-0.2, -0.15) is 35.3 Å². The third-order valence-corrected chi connectivity index (χ3v) is 7.31. The SMILES string of the molecule is CC(C)(C)SCCCOB(OCCCSC(C)(C)C)OCCCSC(C)(C)C. The first kappa shape index (κ1) is 29.0. The summed E-state index contributed by atoms with van der Waals surface area (Å²) in [6.07, 6.45) is 3.06. The molecule has 0 heterocycles. The lowest BCUT2D eigenvalue weighted by atomic mass is 10.2. The van der Waals surface area contributed by atoms with Crippen molar-refractivity contribution >= 4 is 42.6 Å². The average Bonchev–Trinajstić information content (AvgIpc) is 2.49. The van der Waals surface area contributed by atoms with Gasteiger partial charge in [-0.1, -0.05) is 62.3 Å². The molecule has 0 bridgehead atoms. The van der Waals surface area contributed by atoms with Crippen molar-refractivity contribution in [3.63, 3.8) is 0 Å². The Bertz CT molecular complexity index is 320. The molecule has 168 valence electrons. The zero-order valence-corrected chi connectivity index (χ0v) is 22.3. The summed E-state index contributed by atoms with van der Waals surface area (Å²) in [5.41, 5.74) is 0. The van der Waals surface area contributed by atoms with Gasteiger partial charge in [-0.25, -0.2) is 0 Å². The lowest BCUT2D eigenvalue weighted by Crippen LogP contribution is -2.29. The molecule has 0 aliphatic rings. The van der Waals surface area contributed by atoms with E-state index in [9.17, 15) is 0 Å². The van der Waals surface area contributed by atoms with Gasteiger partial charge in [0.25, 0.3) is 0 Å². The van der Waals surface area contributed by atoms with Gasteiger partial charge < -0.3 is 14.0 Å². The molecule has 0 amide bonds. The first-order chi connectivity index (χ1) is 12.8. The maximum atomic E-state index is 5.88. The molecule has 7 heteroatoms. The Morgan fingerprint density at radius 1 is 0.500 bits per heavy atom. The van der Waals surface area contributed by atoms with Crippen LogP contribution in [0.1, 0.15) is 81.6 Å². The van der Waals surface area contributed by atoms with Gasteiger partial charge >= 0.3 is 7.32 Å². The molecule has 0 fully saturated rings. The average molecular weight is 453 g/mol. The van der Waals surface area contributed by atoms with E-state index in [1.807, 2.05) is 35.3 Å². The van der Waals surface area contributed by atoms with E-state index < -0.39 is 7.32 Å². The molecule has 28 heavy (non-hydrogen) atoms. The Labute approximate surface area is 189 Å². The Hall–Kier alpha value is 0.995. The quantitative estimate of drug-likeness (QED) is 0.201. The lowest BCUT2D eigenvalue weighted by Gasteiger charge is -2.19. The predicted molar refractivity (Wildman–Crippen MR) is 134 cm³/mol. The fraction of sp³-hybridized carbons (Fsp3) is 1.00. The molecule has 0 saturated carbocycles. The second-order valence-electron chi connectivity index (χ2n) is 9.84. The van der Waals surface area contributed by atoms with Crippen LogP contribution in [0.3, 0.4) is 0 Å². The smallest absolute Gasteiger partial charge is 0.386 e. The molecule has 0 unspecified atom stereocenters. The summed E-state index contributed by atoms with van der Waals surface area (Å²) < 4.78 is 18.6. The predicted octanol–water partition coefficient (Wildman–Crippen LogP) is 6.79. The van der Waals surface area contributed by atoms with Crippen molar-refractivity contribution in [3.8, 4) is 0 Å². The van der Waals surface area contributed by atoms with Gasteiger partial charge in [0, 0.05) is 34.1 Å². The van der Waals surface area contributed by atoms with Gasteiger partial charge in [-0.3, -0.25) is 0 Å². The minimum Gasteiger partial charge on any atom is -0.386 e. The fourth-order valence-electron chi connectivity index (χ4n) is 1.99. The van der Waals surface area contributed by atoms with Crippen molar-refractivity contribution in [1.29, 1.82) is 0 Å². The van der Waals surface area contributed by atoms with Crippen LogP contribution >= 0.6 is 35.3 Å². The Balaban J connectivity index is 4.08. The first-order valence-corrected chi connectivity index (χ1v) is 13.5. The standard InChI is InChI=1S/C21H45BO3S3/c1-19(2,3)26-16-10-13-23-22(24-14-11-17-27-20(4,5)6)25-15-12-18-28-21(7,8)9/h10-18H2,1-9H3. The van der Waals surface area contributed by atoms with Crippen molar-refractivity contribution < 1.29 is 14.0 Å². The third-order valence-electron chi connectivity index (χ3n) is 3.23. The van der Waals surface area contributed by atoms with Crippen LogP contribution < -0.4 is 0 Å². The summed E-state index contributed by atoms with van der Waals surface area (Å²) in [7, 11) is -0.529. The van der Waals surface area contributed by atoms with Crippen molar-refractivity contribution in [2.75, 3.05) is 37.1 Å². The van der Waals surface area contributed by atoms with Crippen molar-refractivity contribution in [2.24, 2.45) is 0 Å². The maximum Gasteiger partial charge on any atom is 0.639 e. The first-order valence-electron chi connectivity index (χ1n) is 10.6. The molecular formula is C21H45BO3S3. The molecule has 0 aromatic heterocycles. The molecule has 0 aliphatic heterocycles. The molecule has 0 aromatic carbocycles. The second-order valence-corrected chi connectivity index (χ2v) is 15.6. The van der Waals surface area contributed by atoms with E-state index in [1.165, 1.54) is 0 Å². The molecule has 0 spiro atoms. The number of hydrogen-bond donors (Lipinski definition) is 0. The van der Waals surface area contributed by atoms with Crippen LogP contribution in [0, 0.1) is 0 Å². The van der Waals surface area contributed by atoms with Crippen LogP contribution in [0.5, 0.6) is 0 Å². The summed E-state index contributed by atoms with van der Waals surface area (Å²) in [6.45, 7) is 22.3. The topological polar surface area (TPSA) is 27.7 Å². The molecule has 0 aromatic rings. The van der Waals surface area contributed by atoms with Crippen LogP contribution in [-0.2, 0) is 14.0 Å². The molecule has 0 aliphatic carbocycles. The molecular weight excluding hydrogens is 407 g/mol. The van der Waals surface area contributed by atoms with Crippen LogP contribution in [0.25, 0.3) is 0 Å². The van der Waals surface area contributed by atoms with E-state index in [0.717, 1.165) is 36.5 Å². The summed E-state index contributed by atoms with van der Waals surface area (Å²) in [4.78, 5) is 0. The highest BCUT2D eigenvalue weighted by molar-refractivity contribution is 8.01. The van der Waals surface area contributed by atoms with Crippen molar-refractivity contribution in [2.45, 2.75) is 95.8 Å². The van der Waals surface area contributed by atoms with Crippen LogP contribution in [0.2, 0.25) is 0 Å². The summed E-state index contributed by atoms with van der Waals surface area (Å²) in [5, 5.41) is 0. The number of hydrogen-bond acceptors (Lipinski definition) is 6. The van der Waals surface area contributed by atoms with E-state index in [2.05, 4.69) is 62.3 Å². The normalized spacial score (nSPS) is 13.2. The van der Waals surface area contributed by atoms with E-state index >= 15 is 0 Å². The molecule has 0 rings (SSSR count). The van der Waals surface area contributed by atoms with E-state index in [4.69, 9.17) is 14.0 Å². The van der Waals surface area contributed by atoms with Gasteiger partial charge in [-0.05, 0) is 36.5 Å². The van der Waals surface area contributed by atoms with E-state index in [0.29, 0.717) is 34.1 Å². The minimum absolute atomic E-state index is 0.307. The minimum atomic E-state index is -0.529. The van der Waals surface area contributed by atoms with Crippen molar-refractivity contribution in [3.05, 3.63) is 0 Å². The van der Waals surface area contributed by atoms with Gasteiger partial charge in [0.1, 0.15) is 0 Å². The Morgan fingerprint density at radius 3 is 0.964 bits per heavy atom. The monoisotopic (exact) mass is 452 g/mol. The highest BCUT2D eigenvalue weighted by Gasteiger charge is 2.22. The Kier molecular flexibility index (Phi) is 15.4. The fourth-order valence-corrected chi connectivity index (χ4v) is 4.62.